The largest absolute Gasteiger partial charge is 0.399 e. The van der Waals surface area contributed by atoms with Gasteiger partial charge in [-0.15, -0.1) is 12.3 Å². The van der Waals surface area contributed by atoms with Crippen LogP contribution in [0.4, 0.5) is 0 Å². The Labute approximate surface area is 349 Å². The van der Waals surface area contributed by atoms with Crippen molar-refractivity contribution in [3.63, 3.8) is 0 Å². The summed E-state index contributed by atoms with van der Waals surface area (Å²) in [6.45, 7) is 51.8. The van der Waals surface area contributed by atoms with Crippen LogP contribution in [-0.4, -0.2) is 18.1 Å². The number of hydrogen-bond donors (Lipinski definition) is 4. The Balaban J connectivity index is 0. The molecule has 0 amide bonds. The van der Waals surface area contributed by atoms with Gasteiger partial charge in [0.1, 0.15) is 0 Å². The van der Waals surface area contributed by atoms with E-state index in [-0.39, 0.29) is 12.1 Å². The number of nitrogens with two attached hydrogens (primary N) is 1. The minimum atomic E-state index is 0.223. The second-order valence-electron chi connectivity index (χ2n) is 16.7. The minimum absolute atomic E-state index is 0.223. The molecule has 2 bridgehead atoms. The van der Waals surface area contributed by atoms with Gasteiger partial charge >= 0.3 is 0 Å². The van der Waals surface area contributed by atoms with Crippen LogP contribution in [-0.2, 0) is 0 Å². The summed E-state index contributed by atoms with van der Waals surface area (Å²) in [6.07, 6.45) is 23.2. The first-order valence-corrected chi connectivity index (χ1v) is 22.4. The normalized spacial score (nSPS) is 18.9. The molecule has 0 aromatic heterocycles. The molecule has 4 nitrogen and oxygen atoms in total. The van der Waals surface area contributed by atoms with E-state index in [1.165, 1.54) is 61.7 Å². The Morgan fingerprint density at radius 1 is 0.804 bits per heavy atom. The van der Waals surface area contributed by atoms with E-state index in [0.717, 1.165) is 72.5 Å². The van der Waals surface area contributed by atoms with E-state index >= 15 is 0 Å². The van der Waals surface area contributed by atoms with E-state index in [9.17, 15) is 0 Å². The molecule has 0 heterocycles. The molecule has 56 heavy (non-hydrogen) atoms. The minimum Gasteiger partial charge on any atom is -0.399 e. The summed E-state index contributed by atoms with van der Waals surface area (Å²) in [5.74, 6) is 4.53. The van der Waals surface area contributed by atoms with Crippen molar-refractivity contribution in [1.29, 1.82) is 0 Å². The van der Waals surface area contributed by atoms with Crippen molar-refractivity contribution in [3.05, 3.63) is 115 Å². The molecule has 3 unspecified atom stereocenters. The lowest BCUT2D eigenvalue weighted by atomic mass is 9.79. The first-order valence-electron chi connectivity index (χ1n) is 22.4. The zero-order valence-corrected chi connectivity index (χ0v) is 39.2. The van der Waals surface area contributed by atoms with E-state index in [4.69, 9.17) is 5.73 Å². The number of rotatable bonds is 17. The zero-order chi connectivity index (χ0) is 43.4. The molecular weight excluding hydrogens is 681 g/mol. The van der Waals surface area contributed by atoms with Crippen LogP contribution in [0.3, 0.4) is 0 Å². The molecule has 320 valence electrons. The fourth-order valence-corrected chi connectivity index (χ4v) is 6.31. The van der Waals surface area contributed by atoms with E-state index < -0.39 is 0 Å². The third-order valence-electron chi connectivity index (χ3n) is 10.4. The van der Waals surface area contributed by atoms with E-state index in [0.29, 0.717) is 23.6 Å². The summed E-state index contributed by atoms with van der Waals surface area (Å²) in [7, 11) is 0. The third-order valence-corrected chi connectivity index (χ3v) is 10.4. The predicted molar refractivity (Wildman–Crippen MR) is 255 cm³/mol. The maximum atomic E-state index is 5.84. The van der Waals surface area contributed by atoms with Gasteiger partial charge in [0.15, 0.2) is 0 Å². The SMILES string of the molecule is C=C(C)CC.C=C(C[C@H]1C[C@H]1CC)NC(CC1CCC1)C(=C)C(=C)N.C=C(NC(C)C(C)C)NC(C(=C)C)C1CC2=C=C(C=CC=C2)C1.CC.CCC.CCC. The lowest BCUT2D eigenvalue weighted by Gasteiger charge is -2.33. The average Bonchev–Trinajstić information content (AvgIpc) is 3.91. The van der Waals surface area contributed by atoms with E-state index in [1.54, 1.807) is 0 Å². The highest BCUT2D eigenvalue weighted by Crippen LogP contribution is 2.45. The Hall–Kier alpha value is -3.36. The molecule has 4 aliphatic carbocycles. The van der Waals surface area contributed by atoms with Crippen LogP contribution in [0.5, 0.6) is 0 Å². The lowest BCUT2D eigenvalue weighted by Crippen LogP contribution is -2.43. The second kappa shape index (κ2) is 31.7. The second-order valence-corrected chi connectivity index (χ2v) is 16.7. The van der Waals surface area contributed by atoms with Gasteiger partial charge in [-0.1, -0.05) is 176 Å². The van der Waals surface area contributed by atoms with Gasteiger partial charge in [-0.2, -0.15) is 0 Å². The fourth-order valence-electron chi connectivity index (χ4n) is 6.31. The van der Waals surface area contributed by atoms with E-state index in [1.807, 2.05) is 20.8 Å². The number of hydrogen-bond acceptors (Lipinski definition) is 4. The maximum Gasteiger partial charge on any atom is 0.0919 e. The molecule has 4 heteroatoms. The van der Waals surface area contributed by atoms with Crippen molar-refractivity contribution < 1.29 is 0 Å². The standard InChI is InChI=1S/C21H30N2.C18H30N2.C5H10.2C3H8.C2H6/c1-14(2)16(5)22-17(6)23-21(15(3)4)20-12-18-9-7-8-10-19(11-18)13-20;1-5-16-11-17(16)9-12(2)20-18(13(3)14(4)19)10-15-7-6-8-15;1-4-5(2)3;2*1-3-2;1-2/h7-10,14,16,20-23H,3,6,12-13H2,1-2,4-5H3;15-18,20H,2-11,19H2,1H3;2,4H2,1,3H3;2*3H2,1-2H3;1-2H3/t;16-,17+,18?;;;;/m.1..../s1. The van der Waals surface area contributed by atoms with Crippen LogP contribution in [0.1, 0.15) is 167 Å². The summed E-state index contributed by atoms with van der Waals surface area (Å²) in [4.78, 5) is 0. The van der Waals surface area contributed by atoms with Gasteiger partial charge < -0.3 is 21.7 Å². The summed E-state index contributed by atoms with van der Waals surface area (Å²) < 4.78 is 0. The van der Waals surface area contributed by atoms with Gasteiger partial charge in [-0.25, -0.2) is 0 Å². The molecule has 0 aromatic carbocycles. The lowest BCUT2D eigenvalue weighted by molar-refractivity contribution is 0.275. The quantitative estimate of drug-likeness (QED) is 0.0675. The van der Waals surface area contributed by atoms with Crippen LogP contribution >= 0.6 is 0 Å². The van der Waals surface area contributed by atoms with Crippen LogP contribution in [0, 0.1) is 29.6 Å². The van der Waals surface area contributed by atoms with Crippen molar-refractivity contribution in [2.24, 2.45) is 35.3 Å². The zero-order valence-electron chi connectivity index (χ0n) is 39.2. The molecule has 4 aliphatic rings. The molecule has 0 aromatic rings. The maximum absolute atomic E-state index is 5.84. The van der Waals surface area contributed by atoms with Crippen LogP contribution in [0.15, 0.2) is 115 Å². The Morgan fingerprint density at radius 3 is 1.66 bits per heavy atom. The fraction of sp³-hybridized carbons (Fsp3) is 0.635. The molecule has 0 saturated heterocycles. The first-order chi connectivity index (χ1) is 26.5. The van der Waals surface area contributed by atoms with Gasteiger partial charge in [-0.3, -0.25) is 0 Å². The van der Waals surface area contributed by atoms with Crippen LogP contribution in [0.2, 0.25) is 0 Å². The molecular formula is C52H92N4. The van der Waals surface area contributed by atoms with Gasteiger partial charge in [0.05, 0.1) is 17.9 Å². The van der Waals surface area contributed by atoms with Gasteiger partial charge in [0.25, 0.3) is 0 Å². The van der Waals surface area contributed by atoms with Crippen LogP contribution < -0.4 is 21.7 Å². The monoisotopic (exact) mass is 773 g/mol. The molecule has 4 rings (SSSR count). The van der Waals surface area contributed by atoms with Crippen molar-refractivity contribution in [3.8, 4) is 0 Å². The summed E-state index contributed by atoms with van der Waals surface area (Å²) >= 11 is 0. The Bertz CT molecular complexity index is 1280. The molecule has 0 radical (unpaired) electrons. The van der Waals surface area contributed by atoms with Gasteiger partial charge in [0.2, 0.25) is 0 Å². The van der Waals surface area contributed by atoms with Crippen molar-refractivity contribution in [1.82, 2.24) is 16.0 Å². The molecule has 0 spiro atoms. The van der Waals surface area contributed by atoms with Gasteiger partial charge in [-0.05, 0) is 106 Å². The highest BCUT2D eigenvalue weighted by molar-refractivity contribution is 5.37. The highest BCUT2D eigenvalue weighted by atomic mass is 15.1. The third kappa shape index (κ3) is 24.3. The molecule has 5 atom stereocenters. The molecule has 2 fully saturated rings. The highest BCUT2D eigenvalue weighted by Gasteiger charge is 2.35. The summed E-state index contributed by atoms with van der Waals surface area (Å²) in [6, 6.07) is 0.844. The molecule has 2 saturated carbocycles. The van der Waals surface area contributed by atoms with Crippen molar-refractivity contribution in [2.75, 3.05) is 0 Å². The van der Waals surface area contributed by atoms with E-state index in [2.05, 4.69) is 155 Å². The van der Waals surface area contributed by atoms with Crippen molar-refractivity contribution >= 4 is 0 Å². The van der Waals surface area contributed by atoms with Crippen molar-refractivity contribution in [2.45, 2.75) is 185 Å². The smallest absolute Gasteiger partial charge is 0.0919 e. The average molecular weight is 773 g/mol. The topological polar surface area (TPSA) is 62.1 Å². The molecule has 0 aliphatic heterocycles. The number of allylic oxidation sites excluding steroid dienone is 7. The predicted octanol–water partition coefficient (Wildman–Crippen LogP) is 14.6. The number of nitrogens with one attached hydrogen (secondary N) is 3. The summed E-state index contributed by atoms with van der Waals surface area (Å²) in [5.41, 5.74) is 17.0. The summed E-state index contributed by atoms with van der Waals surface area (Å²) in [5, 5.41) is 10.6. The first kappa shape index (κ1) is 54.7. The van der Waals surface area contributed by atoms with Gasteiger partial charge in [0, 0.05) is 17.4 Å². The Morgan fingerprint density at radius 2 is 1.30 bits per heavy atom. The Kier molecular flexibility index (Phi) is 31.0. The van der Waals surface area contributed by atoms with Crippen LogP contribution in [0.25, 0.3) is 0 Å². The molecule has 5 N–H and O–H groups in total.